The molecule has 1 saturated heterocycles. The molecule has 0 unspecified atom stereocenters. The van der Waals surface area contributed by atoms with E-state index in [0.29, 0.717) is 0 Å². The third-order valence-corrected chi connectivity index (χ3v) is 5.97. The van der Waals surface area contributed by atoms with Gasteiger partial charge in [-0.3, -0.25) is 4.90 Å². The fourth-order valence-corrected chi connectivity index (χ4v) is 4.96. The van der Waals surface area contributed by atoms with Crippen LogP contribution in [0.1, 0.15) is 32.8 Å². The van der Waals surface area contributed by atoms with Gasteiger partial charge in [0.25, 0.3) is 6.17 Å². The molecule has 3 nitrogen and oxygen atoms in total. The average molecular weight is 355 g/mol. The van der Waals surface area contributed by atoms with Gasteiger partial charge >= 0.3 is 0 Å². The summed E-state index contributed by atoms with van der Waals surface area (Å²) in [6, 6.07) is 8.03. The molecule has 1 aromatic carbocycles. The van der Waals surface area contributed by atoms with Crippen molar-refractivity contribution in [3.05, 3.63) is 35.0 Å². The Morgan fingerprint density at radius 2 is 2.05 bits per heavy atom. The molecule has 0 saturated carbocycles. The van der Waals surface area contributed by atoms with Gasteiger partial charge in [0, 0.05) is 17.0 Å². The molecule has 0 N–H and O–H groups in total. The normalized spacial score (nSPS) is 21.5. The number of thioether (sulfide) groups is 2. The van der Waals surface area contributed by atoms with Crippen LogP contribution in [0.2, 0.25) is 0 Å². The van der Waals surface area contributed by atoms with Gasteiger partial charge in [0.15, 0.2) is 6.21 Å². The molecule has 6 heteroatoms. The van der Waals surface area contributed by atoms with Crippen molar-refractivity contribution in [2.24, 2.45) is 0 Å². The highest BCUT2D eigenvalue weighted by Crippen LogP contribution is 2.41. The maximum absolute atomic E-state index is 12.8. The molecule has 1 fully saturated rings. The van der Waals surface area contributed by atoms with Crippen LogP contribution in [0.5, 0.6) is 0 Å². The summed E-state index contributed by atoms with van der Waals surface area (Å²) in [7, 11) is 0. The number of thiocarbonyl (C=S) groups is 1. The predicted octanol–water partition coefficient (Wildman–Crippen LogP) is 4.19. The van der Waals surface area contributed by atoms with E-state index in [0.717, 1.165) is 27.6 Å². The molecule has 0 spiro atoms. The Morgan fingerprint density at radius 3 is 2.59 bits per heavy atom. The summed E-state index contributed by atoms with van der Waals surface area (Å²) in [6.45, 7) is 7.09. The van der Waals surface area contributed by atoms with Crippen LogP contribution >= 0.6 is 35.7 Å². The van der Waals surface area contributed by atoms with Crippen molar-refractivity contribution >= 4 is 46.3 Å². The molecular formula is C16H22N2OS3. The van der Waals surface area contributed by atoms with Gasteiger partial charge in [0.2, 0.25) is 0 Å². The van der Waals surface area contributed by atoms with Crippen molar-refractivity contribution in [3.63, 3.8) is 0 Å². The standard InChI is InChI=1S/C16H22N2OS3/c1-5-10-17-14(16(2,3)22-15(17)20)18(19)11-12-6-8-13(21-4)9-7-12/h6-9,11,14H,5,10H2,1-4H3/b18-11-/t14-/m0/s1. The lowest BCUT2D eigenvalue weighted by Crippen LogP contribution is -2.48. The molecule has 1 aromatic rings. The molecule has 1 heterocycles. The van der Waals surface area contributed by atoms with Crippen LogP contribution in [0.3, 0.4) is 0 Å². The molecule has 2 rings (SSSR count). The minimum Gasteiger partial charge on any atom is -0.622 e. The zero-order valence-corrected chi connectivity index (χ0v) is 15.9. The summed E-state index contributed by atoms with van der Waals surface area (Å²) in [4.78, 5) is 3.25. The Labute approximate surface area is 146 Å². The van der Waals surface area contributed by atoms with E-state index in [9.17, 15) is 5.21 Å². The van der Waals surface area contributed by atoms with E-state index in [1.54, 1.807) is 29.7 Å². The summed E-state index contributed by atoms with van der Waals surface area (Å²) < 4.78 is 1.67. The first-order valence-electron chi connectivity index (χ1n) is 7.33. The summed E-state index contributed by atoms with van der Waals surface area (Å²) in [5.74, 6) is 0. The fourth-order valence-electron chi connectivity index (χ4n) is 2.62. The summed E-state index contributed by atoms with van der Waals surface area (Å²) in [6.07, 6.45) is 4.43. The zero-order valence-electron chi connectivity index (χ0n) is 13.4. The van der Waals surface area contributed by atoms with Gasteiger partial charge in [-0.05, 0) is 50.8 Å². The van der Waals surface area contributed by atoms with E-state index in [2.05, 4.69) is 25.7 Å². The maximum Gasteiger partial charge on any atom is 0.254 e. The number of rotatable bonds is 5. The van der Waals surface area contributed by atoms with Crippen molar-refractivity contribution < 1.29 is 4.74 Å². The molecule has 1 aliphatic rings. The Bertz CT molecular complexity index is 569. The molecule has 0 aromatic heterocycles. The number of hydrogen-bond donors (Lipinski definition) is 0. The summed E-state index contributed by atoms with van der Waals surface area (Å²) in [5.41, 5.74) is 0.919. The van der Waals surface area contributed by atoms with Gasteiger partial charge in [-0.15, -0.1) is 11.8 Å². The highest BCUT2D eigenvalue weighted by molar-refractivity contribution is 8.24. The number of hydroxylamine groups is 1. The van der Waals surface area contributed by atoms with Crippen molar-refractivity contribution in [1.82, 2.24) is 4.90 Å². The third kappa shape index (κ3) is 3.78. The number of nitrogens with zero attached hydrogens (tertiary/aromatic N) is 2. The van der Waals surface area contributed by atoms with Crippen molar-refractivity contribution in [2.45, 2.75) is 43.0 Å². The highest BCUT2D eigenvalue weighted by Gasteiger charge is 2.49. The molecule has 1 atom stereocenters. The van der Waals surface area contributed by atoms with Gasteiger partial charge < -0.3 is 5.21 Å². The van der Waals surface area contributed by atoms with Crippen LogP contribution in [0.15, 0.2) is 29.2 Å². The van der Waals surface area contributed by atoms with E-state index in [-0.39, 0.29) is 10.9 Å². The molecule has 0 aliphatic carbocycles. The van der Waals surface area contributed by atoms with E-state index in [1.165, 1.54) is 4.90 Å². The van der Waals surface area contributed by atoms with Gasteiger partial charge in [0.1, 0.15) is 9.07 Å². The third-order valence-electron chi connectivity index (χ3n) is 3.60. The Hall–Kier alpha value is -0.720. The summed E-state index contributed by atoms with van der Waals surface area (Å²) in [5, 5.41) is 12.8. The number of hydrogen-bond acceptors (Lipinski definition) is 4. The topological polar surface area (TPSA) is 29.3 Å². The Kier molecular flexibility index (Phi) is 5.80. The second-order valence-electron chi connectivity index (χ2n) is 5.80. The molecule has 1 aliphatic heterocycles. The monoisotopic (exact) mass is 354 g/mol. The van der Waals surface area contributed by atoms with Crippen molar-refractivity contribution in [2.75, 3.05) is 12.8 Å². The van der Waals surface area contributed by atoms with Gasteiger partial charge in [0.05, 0.1) is 0 Å². The quantitative estimate of drug-likeness (QED) is 0.198. The molecule has 120 valence electrons. The van der Waals surface area contributed by atoms with Gasteiger partial charge in [-0.25, -0.2) is 0 Å². The molecule has 0 bridgehead atoms. The van der Waals surface area contributed by atoms with Gasteiger partial charge in [-0.2, -0.15) is 4.74 Å². The predicted molar refractivity (Wildman–Crippen MR) is 102 cm³/mol. The lowest BCUT2D eigenvalue weighted by Gasteiger charge is -2.29. The second kappa shape index (κ2) is 7.23. The van der Waals surface area contributed by atoms with E-state index >= 15 is 0 Å². The summed E-state index contributed by atoms with van der Waals surface area (Å²) >= 11 is 8.77. The van der Waals surface area contributed by atoms with Crippen LogP contribution in [-0.2, 0) is 0 Å². The largest absolute Gasteiger partial charge is 0.622 e. The van der Waals surface area contributed by atoms with Gasteiger partial charge in [-0.1, -0.05) is 30.9 Å². The van der Waals surface area contributed by atoms with E-state index in [4.69, 9.17) is 12.2 Å². The van der Waals surface area contributed by atoms with E-state index in [1.807, 2.05) is 30.5 Å². The zero-order chi connectivity index (χ0) is 16.3. The minimum atomic E-state index is -0.259. The number of benzene rings is 1. The van der Waals surface area contributed by atoms with Crippen LogP contribution in [0.4, 0.5) is 0 Å². The average Bonchev–Trinajstić information content (AvgIpc) is 2.69. The SMILES string of the molecule is CCCN1C(=S)SC(C)(C)[C@@H]1/[N+]([O-])=C/c1ccc(SC)cc1. The highest BCUT2D eigenvalue weighted by atomic mass is 32.2. The first kappa shape index (κ1) is 17.6. The minimum absolute atomic E-state index is 0.219. The van der Waals surface area contributed by atoms with E-state index < -0.39 is 0 Å². The first-order chi connectivity index (χ1) is 10.4. The lowest BCUT2D eigenvalue weighted by atomic mass is 10.1. The van der Waals surface area contributed by atoms with Crippen LogP contribution in [0, 0.1) is 5.21 Å². The van der Waals surface area contributed by atoms with Crippen LogP contribution in [-0.4, -0.2) is 43.9 Å². The van der Waals surface area contributed by atoms with Crippen molar-refractivity contribution in [1.29, 1.82) is 0 Å². The lowest BCUT2D eigenvalue weighted by molar-refractivity contribution is -0.523. The molecular weight excluding hydrogens is 332 g/mol. The molecule has 0 amide bonds. The van der Waals surface area contributed by atoms with Crippen molar-refractivity contribution in [3.8, 4) is 0 Å². The maximum atomic E-state index is 12.8. The molecule has 22 heavy (non-hydrogen) atoms. The first-order valence-corrected chi connectivity index (χ1v) is 9.78. The Morgan fingerprint density at radius 1 is 1.41 bits per heavy atom. The van der Waals surface area contributed by atoms with Crippen LogP contribution < -0.4 is 0 Å². The Balaban J connectivity index is 2.29. The smallest absolute Gasteiger partial charge is 0.254 e. The second-order valence-corrected chi connectivity index (χ2v) is 8.97. The molecule has 0 radical (unpaired) electrons. The fraction of sp³-hybridized carbons (Fsp3) is 0.500. The van der Waals surface area contributed by atoms with Crippen LogP contribution in [0.25, 0.3) is 0 Å².